The van der Waals surface area contributed by atoms with E-state index in [1.807, 2.05) is 18.5 Å². The van der Waals surface area contributed by atoms with Crippen LogP contribution < -0.4 is 4.90 Å². The number of hydrogen-bond acceptors (Lipinski definition) is 4. The molecule has 0 radical (unpaired) electrons. The number of nitrogens with one attached hydrogen (secondary N) is 2. The number of nitrogens with zero attached hydrogens (tertiary/aromatic N) is 4. The van der Waals surface area contributed by atoms with Crippen molar-refractivity contribution in [3.05, 3.63) is 54.5 Å². The van der Waals surface area contributed by atoms with Gasteiger partial charge in [-0.1, -0.05) is 0 Å². The summed E-state index contributed by atoms with van der Waals surface area (Å²) in [7, 11) is 0. The van der Waals surface area contributed by atoms with Crippen LogP contribution in [0.25, 0.3) is 21.9 Å². The van der Waals surface area contributed by atoms with E-state index in [1.165, 1.54) is 22.0 Å². The first-order valence-corrected chi connectivity index (χ1v) is 8.68. The van der Waals surface area contributed by atoms with Crippen LogP contribution in [0.15, 0.2) is 48.9 Å². The van der Waals surface area contributed by atoms with E-state index in [2.05, 4.69) is 60.4 Å². The Kier molecular flexibility index (Phi) is 3.41. The molecular formula is C19H20N6. The van der Waals surface area contributed by atoms with E-state index < -0.39 is 0 Å². The molecule has 0 amide bonds. The lowest BCUT2D eigenvalue weighted by Crippen LogP contribution is -2.45. The van der Waals surface area contributed by atoms with Crippen molar-refractivity contribution in [3.63, 3.8) is 0 Å². The number of rotatable bonds is 3. The second kappa shape index (κ2) is 5.89. The molecule has 0 aliphatic carbocycles. The van der Waals surface area contributed by atoms with Gasteiger partial charge in [0.2, 0.25) is 0 Å². The Balaban J connectivity index is 1.28. The third-order valence-corrected chi connectivity index (χ3v) is 5.09. The highest BCUT2D eigenvalue weighted by Gasteiger charge is 2.18. The molecule has 4 heterocycles. The smallest absolute Gasteiger partial charge is 0.137 e. The average Bonchev–Trinajstić information content (AvgIpc) is 3.29. The Bertz CT molecular complexity index is 1010. The molecule has 2 N–H and O–H groups in total. The van der Waals surface area contributed by atoms with Crippen molar-refractivity contribution >= 4 is 27.6 Å². The zero-order valence-electron chi connectivity index (χ0n) is 13.9. The summed E-state index contributed by atoms with van der Waals surface area (Å²) in [5.41, 5.74) is 4.68. The molecule has 6 nitrogen and oxygen atoms in total. The van der Waals surface area contributed by atoms with Crippen LogP contribution in [0.3, 0.4) is 0 Å². The Hall–Kier alpha value is -2.86. The standard InChI is InChI=1S/C19H20N6/c1-2-17-15(11-21-19(17)20-5-1)13-24-6-8-25(9-7-24)16-3-4-18-14(10-16)12-22-23-18/h1-5,10-12H,6-9,13H2,(H,20,21)(H,22,23). The number of H-pyrrole nitrogens is 2. The van der Waals surface area contributed by atoms with E-state index >= 15 is 0 Å². The van der Waals surface area contributed by atoms with Crippen LogP contribution in [-0.2, 0) is 6.54 Å². The van der Waals surface area contributed by atoms with Crippen molar-refractivity contribution in [2.24, 2.45) is 0 Å². The van der Waals surface area contributed by atoms with E-state index in [0.717, 1.165) is 43.9 Å². The van der Waals surface area contributed by atoms with E-state index in [1.54, 1.807) is 0 Å². The summed E-state index contributed by atoms with van der Waals surface area (Å²) in [4.78, 5) is 12.6. The molecule has 0 atom stereocenters. The number of piperazine rings is 1. The van der Waals surface area contributed by atoms with Crippen molar-refractivity contribution in [3.8, 4) is 0 Å². The highest BCUT2D eigenvalue weighted by Crippen LogP contribution is 2.23. The van der Waals surface area contributed by atoms with Crippen molar-refractivity contribution in [1.29, 1.82) is 0 Å². The fraction of sp³-hybridized carbons (Fsp3) is 0.263. The Morgan fingerprint density at radius 1 is 1.08 bits per heavy atom. The lowest BCUT2D eigenvalue weighted by atomic mass is 10.1. The molecule has 6 heteroatoms. The first-order chi connectivity index (χ1) is 12.4. The van der Waals surface area contributed by atoms with Crippen molar-refractivity contribution in [1.82, 2.24) is 25.1 Å². The van der Waals surface area contributed by atoms with Crippen molar-refractivity contribution in [2.45, 2.75) is 6.54 Å². The summed E-state index contributed by atoms with van der Waals surface area (Å²) < 4.78 is 0. The molecule has 1 aliphatic heterocycles. The predicted octanol–water partition coefficient (Wildman–Crippen LogP) is 2.76. The van der Waals surface area contributed by atoms with Crippen LogP contribution in [0.5, 0.6) is 0 Å². The Labute approximate surface area is 145 Å². The van der Waals surface area contributed by atoms with E-state index in [4.69, 9.17) is 0 Å². The second-order valence-corrected chi connectivity index (χ2v) is 6.62. The molecule has 0 saturated carbocycles. The molecular weight excluding hydrogens is 312 g/mol. The highest BCUT2D eigenvalue weighted by atomic mass is 15.3. The molecule has 1 fully saturated rings. The Morgan fingerprint density at radius 3 is 2.92 bits per heavy atom. The van der Waals surface area contributed by atoms with Gasteiger partial charge in [0.25, 0.3) is 0 Å². The summed E-state index contributed by atoms with van der Waals surface area (Å²) in [5, 5.41) is 9.52. The minimum absolute atomic E-state index is 0.973. The number of fused-ring (bicyclic) bond motifs is 2. The average molecular weight is 332 g/mol. The summed E-state index contributed by atoms with van der Waals surface area (Å²) in [6.07, 6.45) is 5.81. The Morgan fingerprint density at radius 2 is 2.00 bits per heavy atom. The van der Waals surface area contributed by atoms with Gasteiger partial charge in [0.15, 0.2) is 0 Å². The first-order valence-electron chi connectivity index (χ1n) is 8.68. The van der Waals surface area contributed by atoms with Crippen molar-refractivity contribution < 1.29 is 0 Å². The molecule has 126 valence electrons. The predicted molar refractivity (Wildman–Crippen MR) is 99.7 cm³/mol. The molecule has 0 unspecified atom stereocenters. The molecule has 5 rings (SSSR count). The van der Waals surface area contributed by atoms with Crippen LogP contribution in [0.4, 0.5) is 5.69 Å². The van der Waals surface area contributed by atoms with Gasteiger partial charge < -0.3 is 9.88 Å². The molecule has 4 aromatic rings. The first kappa shape index (κ1) is 14.5. The monoisotopic (exact) mass is 332 g/mol. The van der Waals surface area contributed by atoms with Crippen LogP contribution in [0, 0.1) is 0 Å². The van der Waals surface area contributed by atoms with Gasteiger partial charge in [0.05, 0.1) is 11.7 Å². The molecule has 1 aliphatic rings. The van der Waals surface area contributed by atoms with Gasteiger partial charge in [0, 0.05) is 61.6 Å². The van der Waals surface area contributed by atoms with Gasteiger partial charge in [-0.05, 0) is 35.9 Å². The second-order valence-electron chi connectivity index (χ2n) is 6.62. The number of aromatic nitrogens is 4. The topological polar surface area (TPSA) is 63.8 Å². The molecule has 0 spiro atoms. The maximum atomic E-state index is 4.38. The summed E-state index contributed by atoms with van der Waals surface area (Å²) >= 11 is 0. The lowest BCUT2D eigenvalue weighted by Gasteiger charge is -2.36. The molecule has 1 aromatic carbocycles. The van der Waals surface area contributed by atoms with Gasteiger partial charge in [-0.3, -0.25) is 10.00 Å². The van der Waals surface area contributed by atoms with Gasteiger partial charge in [-0.2, -0.15) is 5.10 Å². The van der Waals surface area contributed by atoms with Crippen LogP contribution >= 0.6 is 0 Å². The number of benzene rings is 1. The number of aromatic amines is 2. The zero-order chi connectivity index (χ0) is 16.6. The summed E-state index contributed by atoms with van der Waals surface area (Å²) in [6.45, 7) is 5.20. The maximum Gasteiger partial charge on any atom is 0.137 e. The minimum Gasteiger partial charge on any atom is -0.369 e. The van der Waals surface area contributed by atoms with Crippen LogP contribution in [0.2, 0.25) is 0 Å². The van der Waals surface area contributed by atoms with Gasteiger partial charge in [-0.25, -0.2) is 4.98 Å². The lowest BCUT2D eigenvalue weighted by molar-refractivity contribution is 0.251. The molecule has 25 heavy (non-hydrogen) atoms. The van der Waals surface area contributed by atoms with E-state index in [9.17, 15) is 0 Å². The fourth-order valence-electron chi connectivity index (χ4n) is 3.68. The van der Waals surface area contributed by atoms with Crippen LogP contribution in [-0.4, -0.2) is 51.2 Å². The third kappa shape index (κ3) is 2.64. The van der Waals surface area contributed by atoms with Gasteiger partial charge >= 0.3 is 0 Å². The quantitative estimate of drug-likeness (QED) is 0.605. The zero-order valence-corrected chi connectivity index (χ0v) is 13.9. The molecule has 3 aromatic heterocycles. The third-order valence-electron chi connectivity index (χ3n) is 5.09. The minimum atomic E-state index is 0.973. The summed E-state index contributed by atoms with van der Waals surface area (Å²) in [6, 6.07) is 10.7. The highest BCUT2D eigenvalue weighted by molar-refractivity contribution is 5.82. The van der Waals surface area contributed by atoms with Crippen molar-refractivity contribution in [2.75, 3.05) is 31.1 Å². The number of hydrogen-bond donors (Lipinski definition) is 2. The van der Waals surface area contributed by atoms with Gasteiger partial charge in [-0.15, -0.1) is 0 Å². The normalized spacial score (nSPS) is 16.1. The molecule has 1 saturated heterocycles. The summed E-state index contributed by atoms with van der Waals surface area (Å²) in [5.74, 6) is 0. The van der Waals surface area contributed by atoms with Crippen LogP contribution in [0.1, 0.15) is 5.56 Å². The SMILES string of the molecule is c1cnc2[nH]cc(CN3CCN(c4ccc5[nH]ncc5c4)CC3)c2c1. The maximum absolute atomic E-state index is 4.38. The largest absolute Gasteiger partial charge is 0.369 e. The molecule has 0 bridgehead atoms. The fourth-order valence-corrected chi connectivity index (χ4v) is 3.68. The van der Waals surface area contributed by atoms with Gasteiger partial charge in [0.1, 0.15) is 5.65 Å². The number of pyridine rings is 1. The van der Waals surface area contributed by atoms with E-state index in [-0.39, 0.29) is 0 Å². The van der Waals surface area contributed by atoms with E-state index in [0.29, 0.717) is 0 Å². The number of anilines is 1.